The number of amides is 2. The van der Waals surface area contributed by atoms with Gasteiger partial charge in [-0.2, -0.15) is 0 Å². The summed E-state index contributed by atoms with van der Waals surface area (Å²) in [4.78, 5) is 26.5. The van der Waals surface area contributed by atoms with Crippen LogP contribution in [0, 0.1) is 0 Å². The summed E-state index contributed by atoms with van der Waals surface area (Å²) in [7, 11) is 0. The summed E-state index contributed by atoms with van der Waals surface area (Å²) in [6, 6.07) is 5.54. The average molecular weight is 406 g/mol. The molecule has 3 rings (SSSR count). The van der Waals surface area contributed by atoms with Crippen LogP contribution in [-0.2, 0) is 15.0 Å². The first-order chi connectivity index (χ1) is 13.4. The number of carbonyl (C=O) groups excluding carboxylic acids is 2. The zero-order chi connectivity index (χ0) is 21.4. The summed E-state index contributed by atoms with van der Waals surface area (Å²) >= 11 is 0. The Hall–Kier alpha value is -2.64. The molecule has 8 nitrogen and oxygen atoms in total. The number of hydrogen-bond acceptors (Lipinski definition) is 6. The van der Waals surface area contributed by atoms with Crippen LogP contribution in [0.5, 0.6) is 11.5 Å². The fourth-order valence-corrected chi connectivity index (χ4v) is 3.23. The number of carbonyl (C=O) groups is 2. The van der Waals surface area contributed by atoms with Gasteiger partial charge in [0.2, 0.25) is 0 Å². The summed E-state index contributed by atoms with van der Waals surface area (Å²) in [6.45, 7) is 12.4. The Labute approximate surface area is 171 Å². The smallest absolute Gasteiger partial charge is 0.410 e. The Balaban J connectivity index is 1.82. The molecule has 2 heterocycles. The first kappa shape index (κ1) is 21.1. The highest BCUT2D eigenvalue weighted by molar-refractivity contribution is 5.73. The zero-order valence-corrected chi connectivity index (χ0v) is 18.0. The molecule has 2 aliphatic heterocycles. The van der Waals surface area contributed by atoms with Gasteiger partial charge in [0.15, 0.2) is 11.5 Å². The Morgan fingerprint density at radius 3 is 2.14 bits per heavy atom. The summed E-state index contributed by atoms with van der Waals surface area (Å²) < 4.78 is 22.1. The molecule has 0 radical (unpaired) electrons. The molecule has 8 heteroatoms. The maximum absolute atomic E-state index is 12.5. The molecule has 1 saturated heterocycles. The number of fused-ring (bicyclic) bond motifs is 1. The summed E-state index contributed by atoms with van der Waals surface area (Å²) in [5, 5.41) is 2.95. The number of benzene rings is 1. The SMILES string of the molecule is CC(C)(C)OC(=O)NC1(c2ccc3c(c2)OCCO3)CN(C(=O)OC(C)(C)C)C1. The van der Waals surface area contributed by atoms with Gasteiger partial charge in [-0.3, -0.25) is 0 Å². The van der Waals surface area contributed by atoms with Crippen molar-refractivity contribution in [2.24, 2.45) is 0 Å². The van der Waals surface area contributed by atoms with Crippen molar-refractivity contribution in [2.45, 2.75) is 58.3 Å². The number of nitrogens with zero attached hydrogens (tertiary/aromatic N) is 1. The molecule has 1 N–H and O–H groups in total. The minimum atomic E-state index is -0.797. The fraction of sp³-hybridized carbons (Fsp3) is 0.619. The highest BCUT2D eigenvalue weighted by Gasteiger charge is 2.50. The lowest BCUT2D eigenvalue weighted by molar-refractivity contribution is -0.0230. The molecule has 0 spiro atoms. The first-order valence-corrected chi connectivity index (χ1v) is 9.76. The van der Waals surface area contributed by atoms with Crippen LogP contribution >= 0.6 is 0 Å². The molecule has 1 aromatic carbocycles. The predicted molar refractivity (Wildman–Crippen MR) is 106 cm³/mol. The van der Waals surface area contributed by atoms with Crippen LogP contribution in [0.15, 0.2) is 18.2 Å². The number of alkyl carbamates (subject to hydrolysis) is 1. The number of ether oxygens (including phenoxy) is 4. The van der Waals surface area contributed by atoms with Crippen LogP contribution < -0.4 is 14.8 Å². The molecular weight excluding hydrogens is 376 g/mol. The highest BCUT2D eigenvalue weighted by Crippen LogP contribution is 2.39. The van der Waals surface area contributed by atoms with E-state index in [0.717, 1.165) is 5.56 Å². The van der Waals surface area contributed by atoms with Crippen LogP contribution in [0.2, 0.25) is 0 Å². The van der Waals surface area contributed by atoms with E-state index >= 15 is 0 Å². The van der Waals surface area contributed by atoms with Gasteiger partial charge in [-0.1, -0.05) is 6.07 Å². The van der Waals surface area contributed by atoms with Gasteiger partial charge in [0.1, 0.15) is 30.0 Å². The predicted octanol–water partition coefficient (Wildman–Crippen LogP) is 3.43. The summed E-state index contributed by atoms with van der Waals surface area (Å²) in [5.74, 6) is 1.28. The average Bonchev–Trinajstić information content (AvgIpc) is 2.54. The van der Waals surface area contributed by atoms with Crippen molar-refractivity contribution in [3.8, 4) is 11.5 Å². The van der Waals surface area contributed by atoms with Crippen molar-refractivity contribution in [1.82, 2.24) is 10.2 Å². The van der Waals surface area contributed by atoms with Gasteiger partial charge in [0, 0.05) is 0 Å². The minimum Gasteiger partial charge on any atom is -0.486 e. The van der Waals surface area contributed by atoms with Crippen LogP contribution in [0.25, 0.3) is 0 Å². The van der Waals surface area contributed by atoms with E-state index in [-0.39, 0.29) is 13.1 Å². The van der Waals surface area contributed by atoms with Gasteiger partial charge in [0.25, 0.3) is 0 Å². The normalized spacial score (nSPS) is 17.8. The number of nitrogens with one attached hydrogen (secondary N) is 1. The molecule has 1 fully saturated rings. The molecule has 0 atom stereocenters. The summed E-state index contributed by atoms with van der Waals surface area (Å²) in [5.41, 5.74) is -1.21. The van der Waals surface area contributed by atoms with E-state index in [9.17, 15) is 9.59 Å². The van der Waals surface area contributed by atoms with Gasteiger partial charge in [0.05, 0.1) is 13.1 Å². The second-order valence-electron chi connectivity index (χ2n) is 9.40. The lowest BCUT2D eigenvalue weighted by Gasteiger charge is -2.50. The van der Waals surface area contributed by atoms with E-state index in [0.29, 0.717) is 24.7 Å². The van der Waals surface area contributed by atoms with E-state index in [1.165, 1.54) is 0 Å². The molecule has 0 unspecified atom stereocenters. The van der Waals surface area contributed by atoms with Crippen molar-refractivity contribution in [3.05, 3.63) is 23.8 Å². The van der Waals surface area contributed by atoms with E-state index in [4.69, 9.17) is 18.9 Å². The van der Waals surface area contributed by atoms with Gasteiger partial charge < -0.3 is 29.2 Å². The topological polar surface area (TPSA) is 86.3 Å². The largest absolute Gasteiger partial charge is 0.486 e. The van der Waals surface area contributed by atoms with Gasteiger partial charge in [-0.15, -0.1) is 0 Å². The molecule has 160 valence electrons. The fourth-order valence-electron chi connectivity index (χ4n) is 3.23. The summed E-state index contributed by atoms with van der Waals surface area (Å²) in [6.07, 6.45) is -0.965. The molecule has 2 amide bonds. The maximum Gasteiger partial charge on any atom is 0.410 e. The standard InChI is InChI=1S/C21H30N2O6/c1-19(2,3)28-17(24)22-21(12-23(13-21)18(25)29-20(4,5)6)14-7-8-15-16(11-14)27-10-9-26-15/h7-8,11H,9-10,12-13H2,1-6H3,(H,22,24). The molecule has 0 bridgehead atoms. The van der Waals surface area contributed by atoms with E-state index in [2.05, 4.69) is 5.32 Å². The van der Waals surface area contributed by atoms with Crippen molar-refractivity contribution in [2.75, 3.05) is 26.3 Å². The van der Waals surface area contributed by atoms with Crippen molar-refractivity contribution in [3.63, 3.8) is 0 Å². The lowest BCUT2D eigenvalue weighted by Crippen LogP contribution is -2.69. The Bertz CT molecular complexity index is 787. The number of likely N-dealkylation sites (tertiary alicyclic amines) is 1. The monoisotopic (exact) mass is 406 g/mol. The third-order valence-corrected chi connectivity index (χ3v) is 4.41. The molecule has 29 heavy (non-hydrogen) atoms. The van der Waals surface area contributed by atoms with Crippen LogP contribution in [0.3, 0.4) is 0 Å². The zero-order valence-electron chi connectivity index (χ0n) is 18.0. The van der Waals surface area contributed by atoms with Gasteiger partial charge >= 0.3 is 12.2 Å². The van der Waals surface area contributed by atoms with Crippen molar-refractivity contribution < 1.29 is 28.5 Å². The van der Waals surface area contributed by atoms with Crippen molar-refractivity contribution in [1.29, 1.82) is 0 Å². The third-order valence-electron chi connectivity index (χ3n) is 4.41. The Kier molecular flexibility index (Phi) is 5.32. The number of rotatable bonds is 2. The second kappa shape index (κ2) is 7.31. The van der Waals surface area contributed by atoms with Gasteiger partial charge in [-0.05, 0) is 59.2 Å². The molecule has 2 aliphatic rings. The lowest BCUT2D eigenvalue weighted by atomic mass is 9.82. The Morgan fingerprint density at radius 1 is 0.966 bits per heavy atom. The Morgan fingerprint density at radius 2 is 1.55 bits per heavy atom. The van der Waals surface area contributed by atoms with E-state index in [1.807, 2.05) is 39.0 Å². The first-order valence-electron chi connectivity index (χ1n) is 9.76. The molecule has 0 aliphatic carbocycles. The van der Waals surface area contributed by atoms with Gasteiger partial charge in [-0.25, -0.2) is 9.59 Å². The van der Waals surface area contributed by atoms with Crippen LogP contribution in [-0.4, -0.2) is 54.6 Å². The molecule has 0 saturated carbocycles. The highest BCUT2D eigenvalue weighted by atomic mass is 16.6. The molecule has 0 aromatic heterocycles. The minimum absolute atomic E-state index is 0.265. The third kappa shape index (κ3) is 5.05. The molecule has 1 aromatic rings. The maximum atomic E-state index is 12.5. The van der Waals surface area contributed by atoms with E-state index < -0.39 is 28.9 Å². The van der Waals surface area contributed by atoms with E-state index in [1.54, 1.807) is 25.7 Å². The van der Waals surface area contributed by atoms with Crippen LogP contribution in [0.4, 0.5) is 9.59 Å². The van der Waals surface area contributed by atoms with Crippen LogP contribution in [0.1, 0.15) is 47.1 Å². The number of hydrogen-bond donors (Lipinski definition) is 1. The van der Waals surface area contributed by atoms with Crippen molar-refractivity contribution >= 4 is 12.2 Å². The molecular formula is C21H30N2O6. The quantitative estimate of drug-likeness (QED) is 0.810. The second-order valence-corrected chi connectivity index (χ2v) is 9.40.